The zero-order chi connectivity index (χ0) is 21.0. The summed E-state index contributed by atoms with van der Waals surface area (Å²) in [6.07, 6.45) is 1.88. The molecule has 7 heteroatoms. The Morgan fingerprint density at radius 3 is 2.41 bits per heavy atom. The second-order valence-corrected chi connectivity index (χ2v) is 7.46. The topological polar surface area (TPSA) is 113 Å². The van der Waals surface area contributed by atoms with Gasteiger partial charge in [-0.05, 0) is 55.5 Å². The molecule has 3 rings (SSSR count). The Kier molecular flexibility index (Phi) is 6.16. The van der Waals surface area contributed by atoms with Gasteiger partial charge in [0.15, 0.2) is 0 Å². The van der Waals surface area contributed by atoms with Crippen LogP contribution in [0.4, 0.5) is 16.2 Å². The minimum atomic E-state index is -0.688. The molecular weight excluding hydrogens is 368 g/mol. The predicted molar refractivity (Wildman–Crippen MR) is 112 cm³/mol. The molecule has 7 nitrogen and oxygen atoms in total. The summed E-state index contributed by atoms with van der Waals surface area (Å²) < 4.78 is 0. The van der Waals surface area contributed by atoms with Crippen LogP contribution >= 0.6 is 0 Å². The molecular formula is C22H26N4O3. The van der Waals surface area contributed by atoms with E-state index in [1.807, 2.05) is 50.2 Å². The van der Waals surface area contributed by atoms with Crippen molar-refractivity contribution in [3.8, 4) is 0 Å². The van der Waals surface area contributed by atoms with Gasteiger partial charge in [-0.15, -0.1) is 0 Å². The molecule has 4 amide bonds. The standard InChI is InChI=1S/C22H26N4O3/c1-13-5-3-4-6-17(13)19(26-22(23)29)12-20(27)25-18-11-16(10-7-14(18)2)24-21(28)15-8-9-15/h3-7,10-11,15,19H,8-9,12H2,1-2H3,(H,24,28)(H,25,27)(H3,23,26,29). The summed E-state index contributed by atoms with van der Waals surface area (Å²) in [5, 5.41) is 8.41. The van der Waals surface area contributed by atoms with Gasteiger partial charge in [0.25, 0.3) is 0 Å². The van der Waals surface area contributed by atoms with Gasteiger partial charge >= 0.3 is 6.03 Å². The molecule has 2 aromatic carbocycles. The maximum absolute atomic E-state index is 12.7. The Morgan fingerprint density at radius 2 is 1.76 bits per heavy atom. The van der Waals surface area contributed by atoms with Crippen molar-refractivity contribution in [3.05, 3.63) is 59.2 Å². The summed E-state index contributed by atoms with van der Waals surface area (Å²) in [5.74, 6) is -0.152. The Bertz CT molecular complexity index is 937. The van der Waals surface area contributed by atoms with Gasteiger partial charge in [0.2, 0.25) is 11.8 Å². The third-order valence-electron chi connectivity index (χ3n) is 5.00. The number of benzene rings is 2. The molecule has 0 saturated heterocycles. The number of anilines is 2. The van der Waals surface area contributed by atoms with E-state index in [1.165, 1.54) is 0 Å². The second-order valence-electron chi connectivity index (χ2n) is 7.46. The summed E-state index contributed by atoms with van der Waals surface area (Å²) in [6, 6.07) is 11.7. The van der Waals surface area contributed by atoms with E-state index in [2.05, 4.69) is 16.0 Å². The fraction of sp³-hybridized carbons (Fsp3) is 0.318. The molecule has 0 heterocycles. The molecule has 1 unspecified atom stereocenters. The van der Waals surface area contributed by atoms with Crippen molar-refractivity contribution < 1.29 is 14.4 Å². The second kappa shape index (κ2) is 8.77. The zero-order valence-electron chi connectivity index (χ0n) is 16.6. The van der Waals surface area contributed by atoms with Gasteiger partial charge in [-0.3, -0.25) is 9.59 Å². The lowest BCUT2D eigenvalue weighted by Crippen LogP contribution is -2.35. The van der Waals surface area contributed by atoms with Crippen LogP contribution in [0.15, 0.2) is 42.5 Å². The lowest BCUT2D eigenvalue weighted by Gasteiger charge is -2.20. The molecule has 0 spiro atoms. The number of rotatable bonds is 7. The first-order valence-electron chi connectivity index (χ1n) is 9.66. The van der Waals surface area contributed by atoms with Crippen LogP contribution in [-0.2, 0) is 9.59 Å². The van der Waals surface area contributed by atoms with Gasteiger partial charge in [0, 0.05) is 17.3 Å². The number of amides is 4. The highest BCUT2D eigenvalue weighted by Gasteiger charge is 2.29. The molecule has 0 bridgehead atoms. The quantitative estimate of drug-likeness (QED) is 0.577. The number of hydrogen-bond donors (Lipinski definition) is 4. The zero-order valence-corrected chi connectivity index (χ0v) is 16.6. The molecule has 0 aromatic heterocycles. The Labute approximate surface area is 170 Å². The van der Waals surface area contributed by atoms with Crippen molar-refractivity contribution >= 4 is 29.2 Å². The van der Waals surface area contributed by atoms with Gasteiger partial charge in [0.05, 0.1) is 12.5 Å². The van der Waals surface area contributed by atoms with Gasteiger partial charge in [-0.2, -0.15) is 0 Å². The molecule has 0 radical (unpaired) electrons. The maximum Gasteiger partial charge on any atom is 0.312 e. The Balaban J connectivity index is 1.71. The molecule has 0 aliphatic heterocycles. The smallest absolute Gasteiger partial charge is 0.312 e. The number of nitrogens with two attached hydrogens (primary N) is 1. The highest BCUT2D eigenvalue weighted by molar-refractivity contribution is 5.96. The lowest BCUT2D eigenvalue weighted by molar-refractivity contribution is -0.117. The molecule has 2 aromatic rings. The summed E-state index contributed by atoms with van der Waals surface area (Å²) in [6.45, 7) is 3.79. The molecule has 1 atom stereocenters. The fourth-order valence-electron chi connectivity index (χ4n) is 3.20. The van der Waals surface area contributed by atoms with E-state index in [1.54, 1.807) is 6.07 Å². The van der Waals surface area contributed by atoms with Crippen LogP contribution in [-0.4, -0.2) is 17.8 Å². The van der Waals surface area contributed by atoms with Crippen molar-refractivity contribution in [1.29, 1.82) is 0 Å². The van der Waals surface area contributed by atoms with Crippen LogP contribution in [0.5, 0.6) is 0 Å². The van der Waals surface area contributed by atoms with Gasteiger partial charge < -0.3 is 21.7 Å². The SMILES string of the molecule is Cc1ccc(NC(=O)C2CC2)cc1NC(=O)CC(NC(N)=O)c1ccccc1C. The number of primary amides is 1. The van der Waals surface area contributed by atoms with Crippen LogP contribution in [0.2, 0.25) is 0 Å². The molecule has 1 aliphatic carbocycles. The molecule has 152 valence electrons. The summed E-state index contributed by atoms with van der Waals surface area (Å²) in [4.78, 5) is 36.1. The average Bonchev–Trinajstić information content (AvgIpc) is 3.49. The van der Waals surface area contributed by atoms with E-state index in [0.29, 0.717) is 11.4 Å². The third kappa shape index (κ3) is 5.57. The van der Waals surface area contributed by atoms with Crippen LogP contribution in [0.3, 0.4) is 0 Å². The van der Waals surface area contributed by atoms with E-state index >= 15 is 0 Å². The number of urea groups is 1. The van der Waals surface area contributed by atoms with Crippen LogP contribution in [0.1, 0.15) is 42.0 Å². The first kappa shape index (κ1) is 20.4. The Morgan fingerprint density at radius 1 is 1.03 bits per heavy atom. The van der Waals surface area contributed by atoms with Crippen molar-refractivity contribution in [2.75, 3.05) is 10.6 Å². The largest absolute Gasteiger partial charge is 0.352 e. The van der Waals surface area contributed by atoms with Gasteiger partial charge in [-0.25, -0.2) is 4.79 Å². The van der Waals surface area contributed by atoms with E-state index in [4.69, 9.17) is 5.73 Å². The Hall–Kier alpha value is -3.35. The molecule has 1 fully saturated rings. The summed E-state index contributed by atoms with van der Waals surface area (Å²) in [7, 11) is 0. The van der Waals surface area contributed by atoms with Crippen molar-refractivity contribution in [2.45, 2.75) is 39.2 Å². The third-order valence-corrected chi connectivity index (χ3v) is 5.00. The van der Waals surface area contributed by atoms with Crippen molar-refractivity contribution in [2.24, 2.45) is 11.7 Å². The van der Waals surface area contributed by atoms with Crippen LogP contribution < -0.4 is 21.7 Å². The van der Waals surface area contributed by atoms with E-state index in [9.17, 15) is 14.4 Å². The van der Waals surface area contributed by atoms with Gasteiger partial charge in [-0.1, -0.05) is 30.3 Å². The molecule has 1 saturated carbocycles. The van der Waals surface area contributed by atoms with Gasteiger partial charge in [0.1, 0.15) is 0 Å². The van der Waals surface area contributed by atoms with E-state index in [-0.39, 0.29) is 24.2 Å². The number of aryl methyl sites for hydroxylation is 2. The summed E-state index contributed by atoms with van der Waals surface area (Å²) in [5.41, 5.74) is 9.24. The van der Waals surface area contributed by atoms with E-state index < -0.39 is 12.1 Å². The highest BCUT2D eigenvalue weighted by atomic mass is 16.2. The van der Waals surface area contributed by atoms with Crippen LogP contribution in [0.25, 0.3) is 0 Å². The molecule has 5 N–H and O–H groups in total. The lowest BCUT2D eigenvalue weighted by atomic mass is 9.98. The molecule has 1 aliphatic rings. The monoisotopic (exact) mass is 394 g/mol. The van der Waals surface area contributed by atoms with Crippen LogP contribution in [0, 0.1) is 19.8 Å². The highest BCUT2D eigenvalue weighted by Crippen LogP contribution is 2.31. The number of carbonyl (C=O) groups excluding carboxylic acids is 3. The number of hydrogen-bond acceptors (Lipinski definition) is 3. The maximum atomic E-state index is 12.7. The first-order valence-corrected chi connectivity index (χ1v) is 9.66. The number of nitrogens with one attached hydrogen (secondary N) is 3. The summed E-state index contributed by atoms with van der Waals surface area (Å²) >= 11 is 0. The predicted octanol–water partition coefficient (Wildman–Crippen LogP) is 3.39. The fourth-order valence-corrected chi connectivity index (χ4v) is 3.20. The normalized spacial score (nSPS) is 14.0. The van der Waals surface area contributed by atoms with Crippen molar-refractivity contribution in [1.82, 2.24) is 5.32 Å². The molecule has 29 heavy (non-hydrogen) atoms. The minimum Gasteiger partial charge on any atom is -0.352 e. The first-order chi connectivity index (χ1) is 13.8. The minimum absolute atomic E-state index is 0.0106. The van der Waals surface area contributed by atoms with E-state index in [0.717, 1.165) is 29.5 Å². The van der Waals surface area contributed by atoms with Crippen molar-refractivity contribution in [3.63, 3.8) is 0 Å². The average molecular weight is 394 g/mol. The number of carbonyl (C=O) groups is 3.